The number of carbonyl (C=O) groups is 2. The Balaban J connectivity index is 0.00000117. The molecule has 0 spiro atoms. The Morgan fingerprint density at radius 2 is 2.10 bits per heavy atom. The van der Waals surface area contributed by atoms with Crippen LogP contribution in [0, 0.1) is 5.92 Å². The molecule has 0 unspecified atom stereocenters. The highest BCUT2D eigenvalue weighted by Crippen LogP contribution is 2.24. The van der Waals surface area contributed by atoms with Gasteiger partial charge in [-0.15, -0.1) is 0 Å². The molecule has 1 aromatic rings. The molecule has 0 aromatic heterocycles. The molecule has 5 nitrogen and oxygen atoms in total. The predicted molar refractivity (Wildman–Crippen MR) is 87.6 cm³/mol. The Morgan fingerprint density at radius 1 is 1.33 bits per heavy atom. The lowest BCUT2D eigenvalue weighted by Gasteiger charge is -2.16. The summed E-state index contributed by atoms with van der Waals surface area (Å²) >= 11 is 0. The van der Waals surface area contributed by atoms with E-state index in [0.717, 1.165) is 24.3 Å². The molecule has 5 heteroatoms. The molecule has 3 N–H and O–H groups in total. The molecule has 1 fully saturated rings. The monoisotopic (exact) mass is 293 g/mol. The van der Waals surface area contributed by atoms with Gasteiger partial charge in [-0.25, -0.2) is 0 Å². The second-order valence-corrected chi connectivity index (χ2v) is 5.31. The lowest BCUT2D eigenvalue weighted by molar-refractivity contribution is -0.115. The Labute approximate surface area is 128 Å². The number of nitrogens with one attached hydrogen (secondary N) is 3. The Bertz CT molecular complexity index is 552. The fourth-order valence-corrected chi connectivity index (χ4v) is 2.63. The van der Waals surface area contributed by atoms with Gasteiger partial charge in [-0.05, 0) is 36.2 Å². The smallest absolute Gasteiger partial charge is 0.251 e. The third-order valence-corrected chi connectivity index (χ3v) is 3.83. The van der Waals surface area contributed by atoms with Gasteiger partial charge < -0.3 is 16.0 Å². The van der Waals surface area contributed by atoms with Crippen LogP contribution in [0.1, 0.15) is 39.5 Å². The zero-order valence-corrected chi connectivity index (χ0v) is 12.8. The van der Waals surface area contributed by atoms with E-state index in [1.54, 1.807) is 18.2 Å². The molecule has 21 heavy (non-hydrogen) atoms. The van der Waals surface area contributed by atoms with E-state index in [2.05, 4.69) is 22.9 Å². The van der Waals surface area contributed by atoms with Crippen LogP contribution in [0.4, 0.5) is 5.69 Å². The van der Waals surface area contributed by atoms with Crippen LogP contribution in [-0.4, -0.2) is 30.9 Å². The average Bonchev–Trinajstić information content (AvgIpc) is 3.05. The van der Waals surface area contributed by atoms with Crippen molar-refractivity contribution in [2.75, 3.05) is 18.4 Å². The third-order valence-electron chi connectivity index (χ3n) is 3.83. The summed E-state index contributed by atoms with van der Waals surface area (Å²) < 4.78 is 0. The van der Waals surface area contributed by atoms with E-state index in [1.807, 2.05) is 13.8 Å². The highest BCUT2D eigenvalue weighted by Gasteiger charge is 2.25. The highest BCUT2D eigenvalue weighted by molar-refractivity contribution is 6.01. The maximum Gasteiger partial charge on any atom is 0.251 e. The standard InChI is InChI=1S/C14H17N3O2.C2H6.2H2/c1-8-6-15-7-12(8)17-14(19)9-2-3-11-10(4-9)5-13(18)16-11;1-2;;/h2-4,8,12,15H,5-7H2,1H3,(H,16,18)(H,17,19);1-2H3;2*1H/t8-,12-;;;/m0.../s1. The fourth-order valence-electron chi connectivity index (χ4n) is 2.63. The Kier molecular flexibility index (Phi) is 4.96. The molecule has 2 aliphatic heterocycles. The summed E-state index contributed by atoms with van der Waals surface area (Å²) in [6.45, 7) is 7.88. The van der Waals surface area contributed by atoms with E-state index in [9.17, 15) is 9.59 Å². The Morgan fingerprint density at radius 3 is 2.76 bits per heavy atom. The van der Waals surface area contributed by atoms with Gasteiger partial charge in [0.05, 0.1) is 6.42 Å². The van der Waals surface area contributed by atoms with Crippen molar-refractivity contribution in [3.63, 3.8) is 0 Å². The number of amides is 2. The summed E-state index contributed by atoms with van der Waals surface area (Å²) in [6, 6.07) is 5.54. The normalized spacial score (nSPS) is 22.9. The van der Waals surface area contributed by atoms with Crippen molar-refractivity contribution in [2.24, 2.45) is 5.92 Å². The van der Waals surface area contributed by atoms with Gasteiger partial charge >= 0.3 is 0 Å². The number of benzene rings is 1. The minimum Gasteiger partial charge on any atom is -0.348 e. The SMILES string of the molecule is CC.C[C@H]1CNC[C@@H]1NC(=O)c1ccc2c(c1)CC(=O)N2.[HH].[HH]. The van der Waals surface area contributed by atoms with Gasteiger partial charge in [-0.3, -0.25) is 9.59 Å². The fraction of sp³-hybridized carbons (Fsp3) is 0.500. The molecule has 0 aliphatic carbocycles. The molecule has 2 amide bonds. The molecule has 2 aliphatic rings. The number of carbonyl (C=O) groups excluding carboxylic acids is 2. The van der Waals surface area contributed by atoms with Crippen LogP contribution in [0.2, 0.25) is 0 Å². The average molecular weight is 293 g/mol. The molecule has 3 rings (SSSR count). The maximum atomic E-state index is 12.2. The third kappa shape index (κ3) is 3.42. The van der Waals surface area contributed by atoms with Gasteiger partial charge in [0.25, 0.3) is 5.91 Å². The number of hydrogen-bond donors (Lipinski definition) is 3. The first kappa shape index (κ1) is 15.5. The summed E-state index contributed by atoms with van der Waals surface area (Å²) in [7, 11) is 0. The molecule has 1 saturated heterocycles. The van der Waals surface area contributed by atoms with Gasteiger partial charge in [0.1, 0.15) is 0 Å². The van der Waals surface area contributed by atoms with Crippen molar-refractivity contribution in [3.8, 4) is 0 Å². The largest absolute Gasteiger partial charge is 0.348 e. The van der Waals surface area contributed by atoms with Gasteiger partial charge in [0, 0.05) is 26.7 Å². The molecular formula is C16H27N3O2. The van der Waals surface area contributed by atoms with Crippen molar-refractivity contribution in [2.45, 2.75) is 33.2 Å². The van der Waals surface area contributed by atoms with Crippen LogP contribution in [0.5, 0.6) is 0 Å². The molecule has 118 valence electrons. The first-order valence-electron chi connectivity index (χ1n) is 7.58. The lowest BCUT2D eigenvalue weighted by Crippen LogP contribution is -2.39. The first-order valence-corrected chi connectivity index (χ1v) is 7.58. The van der Waals surface area contributed by atoms with Gasteiger partial charge in [0.2, 0.25) is 5.91 Å². The summed E-state index contributed by atoms with van der Waals surface area (Å²) in [5.41, 5.74) is 2.34. The summed E-state index contributed by atoms with van der Waals surface area (Å²) in [6.07, 6.45) is 0.359. The van der Waals surface area contributed by atoms with Crippen LogP contribution >= 0.6 is 0 Å². The summed E-state index contributed by atoms with van der Waals surface area (Å²) in [5.74, 6) is 0.366. The molecule has 0 bridgehead atoms. The summed E-state index contributed by atoms with van der Waals surface area (Å²) in [4.78, 5) is 23.5. The quantitative estimate of drug-likeness (QED) is 0.781. The number of anilines is 1. The molecule has 1 aromatic carbocycles. The van der Waals surface area contributed by atoms with Crippen molar-refractivity contribution in [3.05, 3.63) is 29.3 Å². The van der Waals surface area contributed by atoms with Crippen molar-refractivity contribution >= 4 is 17.5 Å². The minimum atomic E-state index is -0.0669. The van der Waals surface area contributed by atoms with Crippen LogP contribution in [0.3, 0.4) is 0 Å². The zero-order chi connectivity index (χ0) is 15.4. The number of fused-ring (bicyclic) bond motifs is 1. The van der Waals surface area contributed by atoms with Crippen LogP contribution in [-0.2, 0) is 11.2 Å². The van der Waals surface area contributed by atoms with Gasteiger partial charge in [-0.1, -0.05) is 20.8 Å². The van der Waals surface area contributed by atoms with Crippen molar-refractivity contribution < 1.29 is 12.4 Å². The summed E-state index contributed by atoms with van der Waals surface area (Å²) in [5, 5.41) is 9.06. The number of rotatable bonds is 2. The maximum absolute atomic E-state index is 12.2. The molecule has 2 atom stereocenters. The van der Waals surface area contributed by atoms with E-state index >= 15 is 0 Å². The zero-order valence-electron chi connectivity index (χ0n) is 12.8. The van der Waals surface area contributed by atoms with E-state index in [-0.39, 0.29) is 20.7 Å². The number of hydrogen-bond acceptors (Lipinski definition) is 3. The second kappa shape index (κ2) is 6.72. The van der Waals surface area contributed by atoms with Crippen molar-refractivity contribution in [1.82, 2.24) is 10.6 Å². The van der Waals surface area contributed by atoms with Gasteiger partial charge in [0.15, 0.2) is 0 Å². The van der Waals surface area contributed by atoms with E-state index in [0.29, 0.717) is 17.9 Å². The predicted octanol–water partition coefficient (Wildman–Crippen LogP) is 2.04. The lowest BCUT2D eigenvalue weighted by atomic mass is 10.0. The van der Waals surface area contributed by atoms with Crippen molar-refractivity contribution in [1.29, 1.82) is 0 Å². The van der Waals surface area contributed by atoms with Gasteiger partial charge in [-0.2, -0.15) is 0 Å². The van der Waals surface area contributed by atoms with E-state index in [1.165, 1.54) is 0 Å². The molecule has 0 saturated carbocycles. The van der Waals surface area contributed by atoms with E-state index in [4.69, 9.17) is 0 Å². The van der Waals surface area contributed by atoms with Crippen LogP contribution in [0.25, 0.3) is 0 Å². The van der Waals surface area contributed by atoms with Crippen LogP contribution in [0.15, 0.2) is 18.2 Å². The molecule has 0 radical (unpaired) electrons. The topological polar surface area (TPSA) is 70.2 Å². The minimum absolute atomic E-state index is 0. The first-order chi connectivity index (χ1) is 10.1. The molecular weight excluding hydrogens is 266 g/mol. The Hall–Kier alpha value is -1.88. The van der Waals surface area contributed by atoms with Crippen LogP contribution < -0.4 is 16.0 Å². The van der Waals surface area contributed by atoms with E-state index < -0.39 is 0 Å². The second-order valence-electron chi connectivity index (χ2n) is 5.31. The molecule has 2 heterocycles. The highest BCUT2D eigenvalue weighted by atomic mass is 16.2.